The molecule has 3 nitrogen and oxygen atoms in total. The van der Waals surface area contributed by atoms with Gasteiger partial charge in [0.15, 0.2) is 0 Å². The molecule has 0 amide bonds. The van der Waals surface area contributed by atoms with Gasteiger partial charge in [0.05, 0.1) is 12.2 Å². The molecule has 5 unspecified atom stereocenters. The summed E-state index contributed by atoms with van der Waals surface area (Å²) < 4.78 is 6.00. The average molecular weight is 252 g/mol. The molecule has 104 valence electrons. The molecule has 0 spiro atoms. The molecule has 3 fully saturated rings. The highest BCUT2D eigenvalue weighted by Gasteiger charge is 2.41. The Morgan fingerprint density at radius 2 is 1.83 bits per heavy atom. The van der Waals surface area contributed by atoms with E-state index in [1.807, 2.05) is 0 Å². The first-order valence-electron chi connectivity index (χ1n) is 7.79. The number of nitrogens with one attached hydrogen (secondary N) is 1. The van der Waals surface area contributed by atoms with Crippen LogP contribution in [0.5, 0.6) is 0 Å². The molecule has 0 aliphatic carbocycles. The summed E-state index contributed by atoms with van der Waals surface area (Å²) in [6.07, 6.45) is 5.14. The lowest BCUT2D eigenvalue weighted by Crippen LogP contribution is -2.45. The monoisotopic (exact) mass is 252 g/mol. The minimum absolute atomic E-state index is 0.587. The lowest BCUT2D eigenvalue weighted by Gasteiger charge is -2.34. The topological polar surface area (TPSA) is 24.5 Å². The maximum absolute atomic E-state index is 6.00. The molecular weight excluding hydrogens is 224 g/mol. The van der Waals surface area contributed by atoms with Crippen molar-refractivity contribution in [1.29, 1.82) is 0 Å². The van der Waals surface area contributed by atoms with Crippen LogP contribution in [0.4, 0.5) is 0 Å². The van der Waals surface area contributed by atoms with Crippen molar-refractivity contribution in [2.45, 2.75) is 45.3 Å². The molecule has 0 aromatic rings. The van der Waals surface area contributed by atoms with Crippen LogP contribution in [0, 0.1) is 17.8 Å². The number of hydrogen-bond donors (Lipinski definition) is 1. The molecule has 2 bridgehead atoms. The van der Waals surface area contributed by atoms with Crippen molar-refractivity contribution in [3.05, 3.63) is 0 Å². The Hall–Kier alpha value is -0.120. The average Bonchev–Trinajstić information content (AvgIpc) is 2.88. The van der Waals surface area contributed by atoms with Crippen LogP contribution in [0.25, 0.3) is 0 Å². The van der Waals surface area contributed by atoms with Gasteiger partial charge in [0.1, 0.15) is 0 Å². The highest BCUT2D eigenvalue weighted by Crippen LogP contribution is 2.39. The fraction of sp³-hybridized carbons (Fsp3) is 1.00. The lowest BCUT2D eigenvalue weighted by atomic mass is 9.88. The highest BCUT2D eigenvalue weighted by molar-refractivity contribution is 4.91. The molecule has 0 saturated carbocycles. The van der Waals surface area contributed by atoms with E-state index in [1.165, 1.54) is 52.0 Å². The SMILES string of the molecule is CC1CNCC(C)CN(CC2CC3CCC2O3)C1. The first-order chi connectivity index (χ1) is 8.70. The maximum atomic E-state index is 6.00. The fourth-order valence-electron chi connectivity index (χ4n) is 4.08. The van der Waals surface area contributed by atoms with Crippen molar-refractivity contribution < 1.29 is 4.74 Å². The van der Waals surface area contributed by atoms with Gasteiger partial charge in [-0.25, -0.2) is 0 Å². The fourth-order valence-corrected chi connectivity index (χ4v) is 4.08. The summed E-state index contributed by atoms with van der Waals surface area (Å²) in [7, 11) is 0. The van der Waals surface area contributed by atoms with Crippen LogP contribution in [0.1, 0.15) is 33.1 Å². The second kappa shape index (κ2) is 5.48. The highest BCUT2D eigenvalue weighted by atomic mass is 16.5. The van der Waals surface area contributed by atoms with Gasteiger partial charge in [-0.2, -0.15) is 0 Å². The zero-order chi connectivity index (χ0) is 12.5. The molecular formula is C15H28N2O. The Balaban J connectivity index is 1.56. The molecule has 3 saturated heterocycles. The van der Waals surface area contributed by atoms with E-state index in [9.17, 15) is 0 Å². The largest absolute Gasteiger partial charge is 0.375 e. The van der Waals surface area contributed by atoms with Crippen LogP contribution >= 0.6 is 0 Å². The van der Waals surface area contributed by atoms with Crippen molar-refractivity contribution in [2.24, 2.45) is 17.8 Å². The van der Waals surface area contributed by atoms with Crippen molar-refractivity contribution >= 4 is 0 Å². The normalized spacial score (nSPS) is 46.0. The summed E-state index contributed by atoms with van der Waals surface area (Å²) in [5, 5.41) is 3.58. The first-order valence-corrected chi connectivity index (χ1v) is 7.79. The maximum Gasteiger partial charge on any atom is 0.0621 e. The van der Waals surface area contributed by atoms with Gasteiger partial charge < -0.3 is 15.0 Å². The number of fused-ring (bicyclic) bond motifs is 2. The second-order valence-electron chi connectivity index (χ2n) is 6.96. The zero-order valence-electron chi connectivity index (χ0n) is 11.9. The molecule has 5 atom stereocenters. The van der Waals surface area contributed by atoms with Gasteiger partial charge in [-0.15, -0.1) is 0 Å². The van der Waals surface area contributed by atoms with Gasteiger partial charge in [-0.1, -0.05) is 13.8 Å². The Kier molecular flexibility index (Phi) is 3.92. The molecule has 18 heavy (non-hydrogen) atoms. The predicted molar refractivity (Wildman–Crippen MR) is 73.6 cm³/mol. The van der Waals surface area contributed by atoms with Crippen LogP contribution in [-0.4, -0.2) is 49.8 Å². The minimum Gasteiger partial charge on any atom is -0.375 e. The zero-order valence-corrected chi connectivity index (χ0v) is 11.9. The molecule has 3 aliphatic rings. The van der Waals surface area contributed by atoms with Crippen molar-refractivity contribution in [3.8, 4) is 0 Å². The molecule has 0 aromatic heterocycles. The van der Waals surface area contributed by atoms with E-state index in [-0.39, 0.29) is 0 Å². The summed E-state index contributed by atoms with van der Waals surface area (Å²) in [5.74, 6) is 2.37. The van der Waals surface area contributed by atoms with Crippen LogP contribution in [0.2, 0.25) is 0 Å². The van der Waals surface area contributed by atoms with Crippen LogP contribution < -0.4 is 5.32 Å². The van der Waals surface area contributed by atoms with Gasteiger partial charge in [0.25, 0.3) is 0 Å². The molecule has 3 aliphatic heterocycles. The van der Waals surface area contributed by atoms with Crippen molar-refractivity contribution in [1.82, 2.24) is 10.2 Å². The van der Waals surface area contributed by atoms with E-state index in [1.54, 1.807) is 0 Å². The van der Waals surface area contributed by atoms with E-state index in [0.29, 0.717) is 12.2 Å². The van der Waals surface area contributed by atoms with Gasteiger partial charge in [0.2, 0.25) is 0 Å². The summed E-state index contributed by atoms with van der Waals surface area (Å²) >= 11 is 0. The predicted octanol–water partition coefficient (Wildman–Crippen LogP) is 1.73. The van der Waals surface area contributed by atoms with Gasteiger partial charge >= 0.3 is 0 Å². The van der Waals surface area contributed by atoms with Crippen molar-refractivity contribution in [3.63, 3.8) is 0 Å². The third-order valence-electron chi connectivity index (χ3n) is 4.85. The lowest BCUT2D eigenvalue weighted by molar-refractivity contribution is 0.0784. The molecule has 0 aromatic carbocycles. The number of nitrogens with zero attached hydrogens (tertiary/aromatic N) is 1. The Labute approximate surface area is 111 Å². The van der Waals surface area contributed by atoms with Crippen molar-refractivity contribution in [2.75, 3.05) is 32.7 Å². The standard InChI is InChI=1S/C15H28N2O/c1-11-6-16-7-12(2)9-17(8-11)10-13-5-14-3-4-15(13)18-14/h11-16H,3-10H2,1-2H3. The third-order valence-corrected chi connectivity index (χ3v) is 4.85. The third kappa shape index (κ3) is 2.89. The van der Waals surface area contributed by atoms with E-state index < -0.39 is 0 Å². The van der Waals surface area contributed by atoms with E-state index in [2.05, 4.69) is 24.1 Å². The Morgan fingerprint density at radius 1 is 1.11 bits per heavy atom. The molecule has 3 heterocycles. The van der Waals surface area contributed by atoms with E-state index in [0.717, 1.165) is 17.8 Å². The summed E-state index contributed by atoms with van der Waals surface area (Å²) in [4.78, 5) is 2.71. The molecule has 3 heteroatoms. The Bertz CT molecular complexity index is 272. The summed E-state index contributed by atoms with van der Waals surface area (Å²) in [5.41, 5.74) is 0. The van der Waals surface area contributed by atoms with E-state index in [4.69, 9.17) is 4.74 Å². The van der Waals surface area contributed by atoms with Gasteiger partial charge in [-0.05, 0) is 44.2 Å². The van der Waals surface area contributed by atoms with Crippen LogP contribution in [-0.2, 0) is 4.74 Å². The minimum atomic E-state index is 0.587. The number of rotatable bonds is 2. The second-order valence-corrected chi connectivity index (χ2v) is 6.96. The van der Waals surface area contributed by atoms with Gasteiger partial charge in [-0.3, -0.25) is 0 Å². The Morgan fingerprint density at radius 3 is 2.39 bits per heavy atom. The number of ether oxygens (including phenoxy) is 1. The van der Waals surface area contributed by atoms with E-state index >= 15 is 0 Å². The van der Waals surface area contributed by atoms with Crippen LogP contribution in [0.3, 0.4) is 0 Å². The smallest absolute Gasteiger partial charge is 0.0621 e. The molecule has 1 N–H and O–H groups in total. The van der Waals surface area contributed by atoms with Gasteiger partial charge in [0, 0.05) is 25.6 Å². The number of hydrogen-bond acceptors (Lipinski definition) is 3. The summed E-state index contributed by atoms with van der Waals surface area (Å²) in [6.45, 7) is 10.9. The van der Waals surface area contributed by atoms with Crippen LogP contribution in [0.15, 0.2) is 0 Å². The summed E-state index contributed by atoms with van der Waals surface area (Å²) in [6, 6.07) is 0. The molecule has 0 radical (unpaired) electrons. The molecule has 3 rings (SSSR count). The first kappa shape index (κ1) is 12.9. The quantitative estimate of drug-likeness (QED) is 0.810.